The number of hydrogen-bond donors (Lipinski definition) is 3. The number of nitrogens with one attached hydrogen (secondary N) is 1. The van der Waals surface area contributed by atoms with E-state index in [4.69, 9.17) is 11.5 Å². The van der Waals surface area contributed by atoms with Crippen LogP contribution in [-0.2, 0) is 0 Å². The number of alkyl halides is 3. The summed E-state index contributed by atoms with van der Waals surface area (Å²) in [4.78, 5) is 0. The van der Waals surface area contributed by atoms with Crippen LogP contribution >= 0.6 is 0 Å². The lowest BCUT2D eigenvalue weighted by atomic mass is 9.96. The van der Waals surface area contributed by atoms with Gasteiger partial charge in [-0.3, -0.25) is 0 Å². The predicted octanol–water partition coefficient (Wildman–Crippen LogP) is 0.943. The number of rotatable bonds is 1. The van der Waals surface area contributed by atoms with E-state index < -0.39 is 17.4 Å². The van der Waals surface area contributed by atoms with Gasteiger partial charge < -0.3 is 16.8 Å². The number of dihydropyridines is 1. The van der Waals surface area contributed by atoms with Gasteiger partial charge in [0.2, 0.25) is 0 Å². The molecule has 1 fully saturated rings. The minimum atomic E-state index is -4.39. The van der Waals surface area contributed by atoms with Crippen molar-refractivity contribution in [3.05, 3.63) is 23.5 Å². The number of allylic oxidation sites excluding steroid dienone is 2. The molecule has 2 aliphatic rings. The molecule has 1 aliphatic carbocycles. The van der Waals surface area contributed by atoms with E-state index >= 15 is 0 Å². The maximum absolute atomic E-state index is 12.3. The lowest BCUT2D eigenvalue weighted by Crippen LogP contribution is -2.58. The van der Waals surface area contributed by atoms with E-state index in [0.717, 1.165) is 25.1 Å². The largest absolute Gasteiger partial charge is 0.417 e. The lowest BCUT2D eigenvalue weighted by molar-refractivity contribution is -0.0891. The predicted molar refractivity (Wildman–Crippen MR) is 49.2 cm³/mol. The molecule has 0 saturated heterocycles. The van der Waals surface area contributed by atoms with Gasteiger partial charge in [0.05, 0.1) is 5.57 Å². The van der Waals surface area contributed by atoms with Crippen LogP contribution in [0.2, 0.25) is 0 Å². The van der Waals surface area contributed by atoms with Gasteiger partial charge in [-0.2, -0.15) is 13.2 Å². The summed E-state index contributed by atoms with van der Waals surface area (Å²) in [5.41, 5.74) is 9.75. The van der Waals surface area contributed by atoms with Gasteiger partial charge in [-0.15, -0.1) is 0 Å². The normalized spacial score (nSPS) is 31.7. The molecule has 0 aromatic carbocycles. The molecule has 1 heterocycles. The molecule has 5 N–H and O–H groups in total. The Balaban J connectivity index is 2.23. The van der Waals surface area contributed by atoms with Gasteiger partial charge in [0.25, 0.3) is 0 Å². The Bertz CT molecular complexity index is 341. The number of nitrogens with two attached hydrogens (primary N) is 2. The van der Waals surface area contributed by atoms with Gasteiger partial charge in [-0.1, -0.05) is 0 Å². The average molecular weight is 219 g/mol. The molecule has 0 bridgehead atoms. The van der Waals surface area contributed by atoms with Crippen LogP contribution < -0.4 is 16.8 Å². The van der Waals surface area contributed by atoms with Crippen molar-refractivity contribution in [1.29, 1.82) is 0 Å². The van der Waals surface area contributed by atoms with Gasteiger partial charge in [0, 0.05) is 17.8 Å². The highest BCUT2D eigenvalue weighted by Crippen LogP contribution is 2.41. The Kier molecular flexibility index (Phi) is 2.01. The lowest BCUT2D eigenvalue weighted by Gasteiger charge is -2.34. The summed E-state index contributed by atoms with van der Waals surface area (Å²) in [7, 11) is 0. The van der Waals surface area contributed by atoms with Crippen LogP contribution in [0.1, 0.15) is 12.8 Å². The van der Waals surface area contributed by atoms with E-state index in [9.17, 15) is 13.2 Å². The molecule has 1 atom stereocenters. The van der Waals surface area contributed by atoms with Crippen molar-refractivity contribution in [2.75, 3.05) is 0 Å². The molecule has 0 amide bonds. The minimum absolute atomic E-state index is 0.0554. The van der Waals surface area contributed by atoms with Gasteiger partial charge >= 0.3 is 6.18 Å². The second-order valence-electron chi connectivity index (χ2n) is 3.98. The van der Waals surface area contributed by atoms with Crippen molar-refractivity contribution in [1.82, 2.24) is 5.32 Å². The standard InChI is InChI=1S/C9H12F3N3/c10-9(11,12)6-3-7(13)8(14,15-4-6)5-1-2-5/h3-5,15H,1-2,13-14H2. The molecule has 1 saturated carbocycles. The zero-order valence-electron chi connectivity index (χ0n) is 7.93. The highest BCUT2D eigenvalue weighted by molar-refractivity contribution is 5.37. The maximum Gasteiger partial charge on any atom is 0.417 e. The molecular weight excluding hydrogens is 207 g/mol. The van der Waals surface area contributed by atoms with E-state index in [0.29, 0.717) is 0 Å². The average Bonchev–Trinajstić information content (AvgIpc) is 2.90. The first-order valence-electron chi connectivity index (χ1n) is 4.65. The minimum Gasteiger partial charge on any atom is -0.399 e. The van der Waals surface area contributed by atoms with Crippen LogP contribution in [-0.4, -0.2) is 11.8 Å². The van der Waals surface area contributed by atoms with E-state index in [1.54, 1.807) is 0 Å². The molecule has 1 unspecified atom stereocenters. The molecule has 0 aromatic rings. The Labute approximate surface area is 85.0 Å². The van der Waals surface area contributed by atoms with Gasteiger partial charge in [-0.05, 0) is 18.9 Å². The molecule has 0 aromatic heterocycles. The first-order chi connectivity index (χ1) is 6.84. The van der Waals surface area contributed by atoms with E-state index in [1.807, 2.05) is 0 Å². The van der Waals surface area contributed by atoms with Crippen LogP contribution in [0.15, 0.2) is 23.5 Å². The summed E-state index contributed by atoms with van der Waals surface area (Å²) in [5, 5.41) is 2.57. The molecule has 3 nitrogen and oxygen atoms in total. The van der Waals surface area contributed by atoms with Crippen LogP contribution in [0, 0.1) is 5.92 Å². The van der Waals surface area contributed by atoms with Crippen molar-refractivity contribution in [2.24, 2.45) is 17.4 Å². The SMILES string of the molecule is NC1=CC(C(F)(F)F)=CNC1(N)C1CC1. The summed E-state index contributed by atoms with van der Waals surface area (Å²) < 4.78 is 37.0. The third-order valence-electron chi connectivity index (χ3n) is 2.80. The summed E-state index contributed by atoms with van der Waals surface area (Å²) in [6, 6.07) is 0. The molecule has 0 spiro atoms. The van der Waals surface area contributed by atoms with Crippen molar-refractivity contribution >= 4 is 0 Å². The maximum atomic E-state index is 12.3. The Hall–Kier alpha value is -1.17. The van der Waals surface area contributed by atoms with Crippen molar-refractivity contribution in [3.63, 3.8) is 0 Å². The monoisotopic (exact) mass is 219 g/mol. The smallest absolute Gasteiger partial charge is 0.399 e. The first kappa shape index (κ1) is 10.4. The quantitative estimate of drug-likeness (QED) is 0.615. The molecule has 2 rings (SSSR count). The van der Waals surface area contributed by atoms with Crippen molar-refractivity contribution in [2.45, 2.75) is 24.7 Å². The molecule has 0 radical (unpaired) electrons. The molecular formula is C9H12F3N3. The van der Waals surface area contributed by atoms with E-state index in [1.165, 1.54) is 0 Å². The van der Waals surface area contributed by atoms with E-state index in [-0.39, 0.29) is 11.6 Å². The molecule has 1 aliphatic heterocycles. The summed E-state index contributed by atoms with van der Waals surface area (Å²) in [6.45, 7) is 0. The third-order valence-corrected chi connectivity index (χ3v) is 2.80. The van der Waals surface area contributed by atoms with E-state index in [2.05, 4.69) is 5.32 Å². The fourth-order valence-electron chi connectivity index (χ4n) is 1.67. The summed E-state index contributed by atoms with van der Waals surface area (Å²) >= 11 is 0. The van der Waals surface area contributed by atoms with Crippen LogP contribution in [0.5, 0.6) is 0 Å². The Morgan fingerprint density at radius 3 is 2.40 bits per heavy atom. The number of halogens is 3. The van der Waals surface area contributed by atoms with Gasteiger partial charge in [0.15, 0.2) is 0 Å². The zero-order chi connectivity index (χ0) is 11.3. The Morgan fingerprint density at radius 2 is 2.00 bits per heavy atom. The summed E-state index contributed by atoms with van der Waals surface area (Å²) in [6.07, 6.45) is -0.785. The van der Waals surface area contributed by atoms with Gasteiger partial charge in [-0.25, -0.2) is 0 Å². The fourth-order valence-corrected chi connectivity index (χ4v) is 1.67. The number of hydrogen-bond acceptors (Lipinski definition) is 3. The molecule has 6 heteroatoms. The first-order valence-corrected chi connectivity index (χ1v) is 4.65. The zero-order valence-corrected chi connectivity index (χ0v) is 7.93. The second-order valence-corrected chi connectivity index (χ2v) is 3.98. The highest BCUT2D eigenvalue weighted by Gasteiger charge is 2.47. The van der Waals surface area contributed by atoms with Crippen molar-refractivity contribution < 1.29 is 13.2 Å². The van der Waals surface area contributed by atoms with Gasteiger partial charge in [0.1, 0.15) is 5.66 Å². The Morgan fingerprint density at radius 1 is 1.40 bits per heavy atom. The topological polar surface area (TPSA) is 64.1 Å². The van der Waals surface area contributed by atoms with Crippen LogP contribution in [0.3, 0.4) is 0 Å². The van der Waals surface area contributed by atoms with Crippen molar-refractivity contribution in [3.8, 4) is 0 Å². The van der Waals surface area contributed by atoms with Crippen LogP contribution in [0.25, 0.3) is 0 Å². The second kappa shape index (κ2) is 2.91. The fraction of sp³-hybridized carbons (Fsp3) is 0.556. The molecule has 84 valence electrons. The highest BCUT2D eigenvalue weighted by atomic mass is 19.4. The molecule has 15 heavy (non-hydrogen) atoms. The third kappa shape index (κ3) is 1.69. The van der Waals surface area contributed by atoms with Crippen LogP contribution in [0.4, 0.5) is 13.2 Å². The summed E-state index contributed by atoms with van der Waals surface area (Å²) in [5.74, 6) is 0.139.